The molecule has 0 bridgehead atoms. The maximum atomic E-state index is 12.6. The number of ether oxygens (including phenoxy) is 1. The molecule has 0 amide bonds. The van der Waals surface area contributed by atoms with E-state index in [1.807, 2.05) is 31.2 Å². The minimum absolute atomic E-state index is 0.102. The van der Waals surface area contributed by atoms with Crippen LogP contribution < -0.4 is 5.63 Å². The van der Waals surface area contributed by atoms with E-state index in [0.29, 0.717) is 11.1 Å². The maximum absolute atomic E-state index is 12.6. The van der Waals surface area contributed by atoms with Crippen molar-refractivity contribution in [3.05, 3.63) is 82.2 Å². The van der Waals surface area contributed by atoms with Crippen molar-refractivity contribution in [1.82, 2.24) is 0 Å². The SMILES string of the molecule is C=CC(=O)OCc1ccc2cc(-c3ccc(CCCCC)cc3C)c(=O)oc2c1. The highest BCUT2D eigenvalue weighted by molar-refractivity contribution is 5.83. The largest absolute Gasteiger partial charge is 0.458 e. The molecule has 2 aromatic carbocycles. The smallest absolute Gasteiger partial charge is 0.344 e. The second-order valence-electron chi connectivity index (χ2n) is 7.24. The van der Waals surface area contributed by atoms with Crippen molar-refractivity contribution < 1.29 is 13.9 Å². The highest BCUT2D eigenvalue weighted by Crippen LogP contribution is 2.26. The summed E-state index contributed by atoms with van der Waals surface area (Å²) in [7, 11) is 0. The molecule has 1 aromatic heterocycles. The molecule has 4 heteroatoms. The molecule has 150 valence electrons. The van der Waals surface area contributed by atoms with E-state index in [1.165, 1.54) is 24.8 Å². The molecular weight excluding hydrogens is 364 g/mol. The maximum Gasteiger partial charge on any atom is 0.344 e. The minimum atomic E-state index is -0.490. The van der Waals surface area contributed by atoms with Gasteiger partial charge in [-0.25, -0.2) is 9.59 Å². The Balaban J connectivity index is 1.88. The molecule has 0 saturated heterocycles. The van der Waals surface area contributed by atoms with E-state index in [2.05, 4.69) is 25.6 Å². The van der Waals surface area contributed by atoms with Gasteiger partial charge in [0.1, 0.15) is 12.2 Å². The van der Waals surface area contributed by atoms with Crippen LogP contribution in [0.5, 0.6) is 0 Å². The van der Waals surface area contributed by atoms with Crippen molar-refractivity contribution in [2.75, 3.05) is 0 Å². The third kappa shape index (κ3) is 5.02. The number of carbonyl (C=O) groups excluding carboxylic acids is 1. The van der Waals surface area contributed by atoms with Gasteiger partial charge in [-0.3, -0.25) is 0 Å². The quantitative estimate of drug-likeness (QED) is 0.213. The summed E-state index contributed by atoms with van der Waals surface area (Å²) in [4.78, 5) is 23.9. The van der Waals surface area contributed by atoms with Gasteiger partial charge < -0.3 is 9.15 Å². The van der Waals surface area contributed by atoms with Crippen molar-refractivity contribution in [2.24, 2.45) is 0 Å². The zero-order chi connectivity index (χ0) is 20.8. The van der Waals surface area contributed by atoms with Crippen LogP contribution in [0.3, 0.4) is 0 Å². The van der Waals surface area contributed by atoms with Crippen molar-refractivity contribution >= 4 is 16.9 Å². The molecule has 0 aliphatic carbocycles. The summed E-state index contributed by atoms with van der Waals surface area (Å²) < 4.78 is 10.6. The Bertz CT molecular complexity index is 1090. The zero-order valence-electron chi connectivity index (χ0n) is 17.0. The first-order valence-electron chi connectivity index (χ1n) is 9.97. The number of hydrogen-bond acceptors (Lipinski definition) is 4. The lowest BCUT2D eigenvalue weighted by Gasteiger charge is -2.09. The highest BCUT2D eigenvalue weighted by Gasteiger charge is 2.11. The normalized spacial score (nSPS) is 10.8. The van der Waals surface area contributed by atoms with E-state index < -0.39 is 5.97 Å². The van der Waals surface area contributed by atoms with Crippen LogP contribution in [0.4, 0.5) is 0 Å². The second-order valence-corrected chi connectivity index (χ2v) is 7.24. The fourth-order valence-electron chi connectivity index (χ4n) is 3.41. The molecule has 0 aliphatic heterocycles. The first-order valence-corrected chi connectivity index (χ1v) is 9.97. The first-order chi connectivity index (χ1) is 14.0. The van der Waals surface area contributed by atoms with E-state index in [0.717, 1.165) is 34.6 Å². The molecule has 0 fully saturated rings. The molecule has 4 nitrogen and oxygen atoms in total. The van der Waals surface area contributed by atoms with Gasteiger partial charge in [-0.2, -0.15) is 0 Å². The van der Waals surface area contributed by atoms with Gasteiger partial charge in [-0.05, 0) is 54.2 Å². The van der Waals surface area contributed by atoms with Crippen LogP contribution in [-0.2, 0) is 22.6 Å². The van der Waals surface area contributed by atoms with Gasteiger partial charge in [0.25, 0.3) is 0 Å². The van der Waals surface area contributed by atoms with E-state index in [4.69, 9.17) is 9.15 Å². The van der Waals surface area contributed by atoms with Crippen molar-refractivity contribution in [1.29, 1.82) is 0 Å². The lowest BCUT2D eigenvalue weighted by atomic mass is 9.96. The Hall–Kier alpha value is -3.14. The lowest BCUT2D eigenvalue weighted by molar-refractivity contribution is -0.138. The molecule has 1 heterocycles. The summed E-state index contributed by atoms with van der Waals surface area (Å²) in [6.07, 6.45) is 5.78. The Morgan fingerprint density at radius 1 is 1.07 bits per heavy atom. The molecule has 0 saturated carbocycles. The Morgan fingerprint density at radius 2 is 1.86 bits per heavy atom. The Kier molecular flexibility index (Phi) is 6.65. The molecule has 0 radical (unpaired) electrons. The fraction of sp³-hybridized carbons (Fsp3) is 0.280. The number of esters is 1. The molecule has 0 atom stereocenters. The van der Waals surface area contributed by atoms with E-state index in [9.17, 15) is 9.59 Å². The summed E-state index contributed by atoms with van der Waals surface area (Å²) in [6.45, 7) is 7.70. The van der Waals surface area contributed by atoms with Crippen LogP contribution in [0.2, 0.25) is 0 Å². The van der Waals surface area contributed by atoms with E-state index in [-0.39, 0.29) is 12.2 Å². The predicted octanol–water partition coefficient (Wildman–Crippen LogP) is 5.73. The van der Waals surface area contributed by atoms with Gasteiger partial charge in [0.15, 0.2) is 0 Å². The standard InChI is InChI=1S/C25H26O4/c1-4-6-7-8-18-10-12-21(17(3)13-18)22-15-20-11-9-19(16-28-24(26)5-2)14-23(20)29-25(22)27/h5,9-15H,2,4,6-8,16H2,1,3H3. The summed E-state index contributed by atoms with van der Waals surface area (Å²) in [5.41, 5.74) is 4.66. The van der Waals surface area contributed by atoms with Crippen LogP contribution in [0.15, 0.2) is 64.3 Å². The predicted molar refractivity (Wildman–Crippen MR) is 116 cm³/mol. The second kappa shape index (κ2) is 9.37. The van der Waals surface area contributed by atoms with Crippen LogP contribution in [0.25, 0.3) is 22.1 Å². The molecule has 0 aliphatic rings. The summed E-state index contributed by atoms with van der Waals surface area (Å²) in [6, 6.07) is 13.6. The third-order valence-corrected chi connectivity index (χ3v) is 5.00. The molecule has 3 aromatic rings. The number of aryl methyl sites for hydroxylation is 2. The molecule has 0 unspecified atom stereocenters. The molecule has 0 spiro atoms. The van der Waals surface area contributed by atoms with Gasteiger partial charge in [-0.1, -0.05) is 56.7 Å². The van der Waals surface area contributed by atoms with Gasteiger partial charge in [0.05, 0.1) is 5.56 Å². The fourth-order valence-corrected chi connectivity index (χ4v) is 3.41. The number of hydrogen-bond donors (Lipinski definition) is 0. The molecular formula is C25H26O4. The number of carbonyl (C=O) groups is 1. The molecule has 0 N–H and O–H groups in total. The van der Waals surface area contributed by atoms with Crippen LogP contribution in [-0.4, -0.2) is 5.97 Å². The van der Waals surface area contributed by atoms with Crippen LogP contribution in [0, 0.1) is 6.92 Å². The average molecular weight is 390 g/mol. The number of fused-ring (bicyclic) bond motifs is 1. The minimum Gasteiger partial charge on any atom is -0.458 e. The van der Waals surface area contributed by atoms with Crippen molar-refractivity contribution in [3.8, 4) is 11.1 Å². The zero-order valence-corrected chi connectivity index (χ0v) is 17.0. The number of benzene rings is 2. The highest BCUT2D eigenvalue weighted by atomic mass is 16.5. The first kappa shape index (κ1) is 20.6. The Labute approximate surface area is 170 Å². The van der Waals surface area contributed by atoms with Crippen LogP contribution in [0.1, 0.15) is 42.9 Å². The van der Waals surface area contributed by atoms with Crippen molar-refractivity contribution in [3.63, 3.8) is 0 Å². The summed E-state index contributed by atoms with van der Waals surface area (Å²) in [5, 5.41) is 0.824. The lowest BCUT2D eigenvalue weighted by Crippen LogP contribution is -2.05. The topological polar surface area (TPSA) is 56.5 Å². The van der Waals surface area contributed by atoms with Gasteiger partial charge in [0.2, 0.25) is 0 Å². The van der Waals surface area contributed by atoms with Gasteiger partial charge >= 0.3 is 11.6 Å². The third-order valence-electron chi connectivity index (χ3n) is 5.00. The monoisotopic (exact) mass is 390 g/mol. The summed E-state index contributed by atoms with van der Waals surface area (Å²) in [5.74, 6) is -0.490. The molecule has 3 rings (SSSR count). The van der Waals surface area contributed by atoms with E-state index >= 15 is 0 Å². The summed E-state index contributed by atoms with van der Waals surface area (Å²) >= 11 is 0. The molecule has 29 heavy (non-hydrogen) atoms. The number of rotatable bonds is 8. The van der Waals surface area contributed by atoms with Crippen molar-refractivity contribution in [2.45, 2.75) is 46.1 Å². The van der Waals surface area contributed by atoms with E-state index in [1.54, 1.807) is 6.07 Å². The Morgan fingerprint density at radius 3 is 2.59 bits per heavy atom. The number of unbranched alkanes of at least 4 members (excludes halogenated alkanes) is 2. The van der Waals surface area contributed by atoms with Crippen LogP contribution >= 0.6 is 0 Å². The average Bonchev–Trinajstić information content (AvgIpc) is 2.72. The van der Waals surface area contributed by atoms with Gasteiger partial charge in [0, 0.05) is 11.5 Å². The van der Waals surface area contributed by atoms with Gasteiger partial charge in [-0.15, -0.1) is 0 Å².